The second kappa shape index (κ2) is 3.77. The lowest BCUT2D eigenvalue weighted by Crippen LogP contribution is -2.36. The summed E-state index contributed by atoms with van der Waals surface area (Å²) in [5.41, 5.74) is 0. The highest BCUT2D eigenvalue weighted by Crippen LogP contribution is 2.07. The van der Waals surface area contributed by atoms with Crippen LogP contribution in [0, 0.1) is 5.92 Å². The molecule has 0 aromatic heterocycles. The molecular weight excluding hydrogens is 210 g/mol. The van der Waals surface area contributed by atoms with E-state index in [9.17, 15) is 9.59 Å². The highest BCUT2D eigenvalue weighted by molar-refractivity contribution is 6.03. The molecule has 1 aliphatic rings. The molecule has 0 bridgehead atoms. The van der Waals surface area contributed by atoms with Crippen molar-refractivity contribution in [2.75, 3.05) is 7.11 Å². The van der Waals surface area contributed by atoms with E-state index < -0.39 is 17.8 Å². The Labute approximate surface area is 90.7 Å². The third-order valence-electron chi connectivity index (χ3n) is 2.34. The molecule has 1 aromatic carbocycles. The molecule has 0 saturated carbocycles. The van der Waals surface area contributed by atoms with Gasteiger partial charge in [0.15, 0.2) is 5.92 Å². The molecule has 1 aromatic rings. The SMILES string of the molecule is COc1ccc2c(c1)=CC(C(=O)O)C(=O)N=2. The number of nitrogens with zero attached hydrogens (tertiary/aromatic N) is 1. The normalized spacial score (nSPS) is 18.1. The number of carboxylic acids is 1. The van der Waals surface area contributed by atoms with Crippen molar-refractivity contribution >= 4 is 18.0 Å². The number of aliphatic carboxylic acids is 1. The molecule has 82 valence electrons. The number of carbonyl (C=O) groups excluding carboxylic acids is 1. The number of carboxylic acid groups (broad SMARTS) is 1. The summed E-state index contributed by atoms with van der Waals surface area (Å²) in [7, 11) is 1.52. The zero-order chi connectivity index (χ0) is 11.7. The molecule has 5 nitrogen and oxygen atoms in total. The third-order valence-corrected chi connectivity index (χ3v) is 2.34. The summed E-state index contributed by atoms with van der Waals surface area (Å²) in [5, 5.41) is 9.90. The van der Waals surface area contributed by atoms with Crippen LogP contribution in [0.1, 0.15) is 0 Å². The van der Waals surface area contributed by atoms with Crippen molar-refractivity contribution in [1.82, 2.24) is 0 Å². The molecular formula is C11H9NO4. The molecule has 1 atom stereocenters. The number of amides is 1. The van der Waals surface area contributed by atoms with Crippen LogP contribution in [-0.2, 0) is 9.59 Å². The van der Waals surface area contributed by atoms with Gasteiger partial charge in [0, 0.05) is 5.22 Å². The first-order valence-corrected chi connectivity index (χ1v) is 4.63. The van der Waals surface area contributed by atoms with Gasteiger partial charge in [-0.2, -0.15) is 0 Å². The fraction of sp³-hybridized carbons (Fsp3) is 0.182. The van der Waals surface area contributed by atoms with Gasteiger partial charge < -0.3 is 9.84 Å². The van der Waals surface area contributed by atoms with Crippen LogP contribution in [0.15, 0.2) is 23.2 Å². The highest BCUT2D eigenvalue weighted by Gasteiger charge is 2.25. The Bertz CT molecular complexity index is 576. The van der Waals surface area contributed by atoms with Crippen molar-refractivity contribution < 1.29 is 19.4 Å². The maximum absolute atomic E-state index is 11.3. The van der Waals surface area contributed by atoms with E-state index in [2.05, 4.69) is 4.99 Å². The van der Waals surface area contributed by atoms with Crippen LogP contribution in [0.4, 0.5) is 0 Å². The minimum absolute atomic E-state index is 0.475. The van der Waals surface area contributed by atoms with Gasteiger partial charge >= 0.3 is 5.97 Å². The van der Waals surface area contributed by atoms with Crippen molar-refractivity contribution in [2.45, 2.75) is 0 Å². The van der Waals surface area contributed by atoms with Gasteiger partial charge in [0.1, 0.15) is 5.75 Å². The summed E-state index contributed by atoms with van der Waals surface area (Å²) in [6.45, 7) is 0. The number of fused-ring (bicyclic) bond motifs is 1. The van der Waals surface area contributed by atoms with Gasteiger partial charge in [0.2, 0.25) is 0 Å². The van der Waals surface area contributed by atoms with E-state index in [0.29, 0.717) is 16.3 Å². The van der Waals surface area contributed by atoms with Gasteiger partial charge in [0.05, 0.1) is 12.5 Å². The molecule has 2 rings (SSSR count). The van der Waals surface area contributed by atoms with E-state index in [0.717, 1.165) is 0 Å². The Balaban J connectivity index is 2.63. The molecule has 16 heavy (non-hydrogen) atoms. The fourth-order valence-corrected chi connectivity index (χ4v) is 1.51. The average molecular weight is 219 g/mol. The number of methoxy groups -OCH3 is 1. The van der Waals surface area contributed by atoms with E-state index in [1.165, 1.54) is 13.2 Å². The van der Waals surface area contributed by atoms with Crippen molar-refractivity contribution in [2.24, 2.45) is 10.9 Å². The first-order chi connectivity index (χ1) is 7.61. The van der Waals surface area contributed by atoms with Gasteiger partial charge in [-0.15, -0.1) is 0 Å². The van der Waals surface area contributed by atoms with Gasteiger partial charge in [-0.25, -0.2) is 4.99 Å². The maximum Gasteiger partial charge on any atom is 0.320 e. The molecule has 0 saturated heterocycles. The largest absolute Gasteiger partial charge is 0.497 e. The Morgan fingerprint density at radius 2 is 2.25 bits per heavy atom. The topological polar surface area (TPSA) is 76.0 Å². The minimum atomic E-state index is -1.19. The van der Waals surface area contributed by atoms with E-state index in [-0.39, 0.29) is 0 Å². The van der Waals surface area contributed by atoms with Gasteiger partial charge in [-0.05, 0) is 18.2 Å². The summed E-state index contributed by atoms with van der Waals surface area (Å²) in [6, 6.07) is 4.95. The van der Waals surface area contributed by atoms with Crippen LogP contribution in [-0.4, -0.2) is 24.1 Å². The van der Waals surface area contributed by atoms with Crippen LogP contribution in [0.25, 0.3) is 6.08 Å². The van der Waals surface area contributed by atoms with Crippen LogP contribution < -0.4 is 15.3 Å². The molecule has 0 aliphatic carbocycles. The molecule has 0 spiro atoms. The van der Waals surface area contributed by atoms with Crippen molar-refractivity contribution in [3.05, 3.63) is 28.8 Å². The van der Waals surface area contributed by atoms with E-state index in [1.54, 1.807) is 18.2 Å². The van der Waals surface area contributed by atoms with E-state index in [4.69, 9.17) is 9.84 Å². The van der Waals surface area contributed by atoms with Gasteiger partial charge in [0.25, 0.3) is 5.91 Å². The van der Waals surface area contributed by atoms with Crippen LogP contribution in [0.2, 0.25) is 0 Å². The van der Waals surface area contributed by atoms with E-state index in [1.807, 2.05) is 0 Å². The summed E-state index contributed by atoms with van der Waals surface area (Å²) in [5.74, 6) is -2.43. The molecule has 5 heteroatoms. The lowest BCUT2D eigenvalue weighted by Gasteiger charge is -2.07. The number of hydrogen-bond acceptors (Lipinski definition) is 3. The Kier molecular flexibility index (Phi) is 2.44. The molecule has 0 fully saturated rings. The van der Waals surface area contributed by atoms with Crippen LogP contribution in [0.5, 0.6) is 5.75 Å². The average Bonchev–Trinajstić information content (AvgIpc) is 2.27. The summed E-state index contributed by atoms with van der Waals surface area (Å²) >= 11 is 0. The fourth-order valence-electron chi connectivity index (χ4n) is 1.51. The number of ether oxygens (including phenoxy) is 1. The van der Waals surface area contributed by atoms with Crippen LogP contribution >= 0.6 is 0 Å². The van der Waals surface area contributed by atoms with Gasteiger partial charge in [-0.3, -0.25) is 9.59 Å². The molecule has 1 heterocycles. The van der Waals surface area contributed by atoms with Crippen molar-refractivity contribution in [1.29, 1.82) is 0 Å². The first kappa shape index (κ1) is 10.4. The second-order valence-electron chi connectivity index (χ2n) is 3.36. The maximum atomic E-state index is 11.3. The Hall–Kier alpha value is -2.17. The Morgan fingerprint density at radius 3 is 2.88 bits per heavy atom. The monoisotopic (exact) mass is 219 g/mol. The second-order valence-corrected chi connectivity index (χ2v) is 3.36. The Morgan fingerprint density at radius 1 is 1.50 bits per heavy atom. The molecule has 1 amide bonds. The lowest BCUT2D eigenvalue weighted by atomic mass is 10.0. The summed E-state index contributed by atoms with van der Waals surface area (Å²) in [4.78, 5) is 25.8. The first-order valence-electron chi connectivity index (χ1n) is 4.63. The summed E-state index contributed by atoms with van der Waals surface area (Å²) < 4.78 is 5.01. The third kappa shape index (κ3) is 1.67. The van der Waals surface area contributed by atoms with E-state index >= 15 is 0 Å². The summed E-state index contributed by atoms with van der Waals surface area (Å²) in [6.07, 6.45) is 1.38. The number of carbonyl (C=O) groups is 2. The number of hydrogen-bond donors (Lipinski definition) is 1. The zero-order valence-electron chi connectivity index (χ0n) is 8.51. The smallest absolute Gasteiger partial charge is 0.320 e. The highest BCUT2D eigenvalue weighted by atomic mass is 16.5. The van der Waals surface area contributed by atoms with Crippen LogP contribution in [0.3, 0.4) is 0 Å². The van der Waals surface area contributed by atoms with Crippen molar-refractivity contribution in [3.8, 4) is 5.75 Å². The molecule has 1 unspecified atom stereocenters. The van der Waals surface area contributed by atoms with Gasteiger partial charge in [-0.1, -0.05) is 6.08 Å². The number of rotatable bonds is 2. The number of benzene rings is 1. The molecule has 1 aliphatic heterocycles. The molecule has 1 N–H and O–H groups in total. The standard InChI is InChI=1S/C11H9NO4/c1-16-7-2-3-9-6(4-7)5-8(11(14)15)10(13)12-9/h2-5,8H,1H3,(H,14,15). The predicted molar refractivity (Wildman–Crippen MR) is 54.4 cm³/mol. The lowest BCUT2D eigenvalue weighted by molar-refractivity contribution is -0.143. The quantitative estimate of drug-likeness (QED) is 0.670. The predicted octanol–water partition coefficient (Wildman–Crippen LogP) is -0.664. The van der Waals surface area contributed by atoms with Crippen molar-refractivity contribution in [3.63, 3.8) is 0 Å². The molecule has 0 radical (unpaired) electrons. The zero-order valence-corrected chi connectivity index (χ0v) is 8.51. The minimum Gasteiger partial charge on any atom is -0.497 e.